The van der Waals surface area contributed by atoms with Crippen molar-refractivity contribution < 1.29 is 17.9 Å². The third-order valence-corrected chi connectivity index (χ3v) is 7.14. The van der Waals surface area contributed by atoms with E-state index < -0.39 is 10.2 Å². The lowest BCUT2D eigenvalue weighted by atomic mass is 9.89. The van der Waals surface area contributed by atoms with Gasteiger partial charge in [-0.2, -0.15) is 17.0 Å². The smallest absolute Gasteiger partial charge is 0.281 e. The second-order valence-electron chi connectivity index (χ2n) is 8.15. The highest BCUT2D eigenvalue weighted by atomic mass is 32.2. The fourth-order valence-electron chi connectivity index (χ4n) is 3.82. The summed E-state index contributed by atoms with van der Waals surface area (Å²) < 4.78 is 33.4. The van der Waals surface area contributed by atoms with E-state index in [1.807, 2.05) is 38.1 Å². The number of hydrogen-bond donors (Lipinski definition) is 1. The van der Waals surface area contributed by atoms with Crippen molar-refractivity contribution in [2.45, 2.75) is 44.8 Å². The number of nitrogens with zero attached hydrogens (tertiary/aromatic N) is 2. The van der Waals surface area contributed by atoms with Gasteiger partial charge < -0.3 is 10.1 Å². The van der Waals surface area contributed by atoms with Gasteiger partial charge in [0.2, 0.25) is 5.91 Å². The molecule has 0 unspecified atom stereocenters. The summed E-state index contributed by atoms with van der Waals surface area (Å²) in [6.45, 7) is 4.69. The molecule has 2 aliphatic rings. The number of benzene rings is 1. The molecule has 2 atom stereocenters. The number of piperidine rings is 1. The van der Waals surface area contributed by atoms with Gasteiger partial charge >= 0.3 is 0 Å². The van der Waals surface area contributed by atoms with Gasteiger partial charge in [0.1, 0.15) is 11.4 Å². The number of amides is 1. The first-order valence-corrected chi connectivity index (χ1v) is 10.8. The van der Waals surface area contributed by atoms with Gasteiger partial charge in [0.15, 0.2) is 0 Å². The summed E-state index contributed by atoms with van der Waals surface area (Å²) in [4.78, 5) is 12.9. The fourth-order valence-corrected chi connectivity index (χ4v) is 5.01. The molecule has 8 heteroatoms. The Labute approximate surface area is 161 Å². The number of hydrogen-bond acceptors (Lipinski definition) is 4. The lowest BCUT2D eigenvalue weighted by molar-refractivity contribution is -0.127. The first kappa shape index (κ1) is 20.1. The Hall–Kier alpha value is -1.64. The largest absolute Gasteiger partial charge is 0.487 e. The normalized spacial score (nSPS) is 25.5. The molecule has 3 rings (SSSR count). The second-order valence-corrected chi connectivity index (χ2v) is 10.3. The van der Waals surface area contributed by atoms with Crippen molar-refractivity contribution in [1.82, 2.24) is 13.9 Å². The zero-order valence-electron chi connectivity index (χ0n) is 16.4. The number of carbonyl (C=O) groups is 1. The highest BCUT2D eigenvalue weighted by molar-refractivity contribution is 7.86. The van der Waals surface area contributed by atoms with Crippen LogP contribution in [0.2, 0.25) is 0 Å². The van der Waals surface area contributed by atoms with Gasteiger partial charge in [-0.1, -0.05) is 18.2 Å². The van der Waals surface area contributed by atoms with Crippen molar-refractivity contribution in [3.05, 3.63) is 29.8 Å². The van der Waals surface area contributed by atoms with E-state index in [1.54, 1.807) is 0 Å². The molecule has 27 heavy (non-hydrogen) atoms. The molecule has 2 heterocycles. The minimum Gasteiger partial charge on any atom is -0.487 e. The third kappa shape index (κ3) is 4.28. The summed E-state index contributed by atoms with van der Waals surface area (Å²) in [5, 5.41) is 3.15. The van der Waals surface area contributed by atoms with Crippen molar-refractivity contribution >= 4 is 16.1 Å². The second kappa shape index (κ2) is 7.41. The van der Waals surface area contributed by atoms with Gasteiger partial charge in [-0.15, -0.1) is 0 Å². The van der Waals surface area contributed by atoms with E-state index in [2.05, 4.69) is 5.32 Å². The monoisotopic (exact) mass is 395 g/mol. The van der Waals surface area contributed by atoms with Crippen LogP contribution < -0.4 is 10.1 Å². The Kier molecular flexibility index (Phi) is 5.52. The third-order valence-electron chi connectivity index (χ3n) is 5.24. The van der Waals surface area contributed by atoms with Crippen molar-refractivity contribution in [1.29, 1.82) is 0 Å². The summed E-state index contributed by atoms with van der Waals surface area (Å²) in [5.74, 6) is 0.359. The Morgan fingerprint density at radius 2 is 2.00 bits per heavy atom. The highest BCUT2D eigenvalue weighted by Gasteiger charge is 2.37. The predicted molar refractivity (Wildman–Crippen MR) is 104 cm³/mol. The summed E-state index contributed by atoms with van der Waals surface area (Å²) >= 11 is 0. The van der Waals surface area contributed by atoms with Crippen LogP contribution in [0.15, 0.2) is 24.3 Å². The molecule has 7 nitrogen and oxygen atoms in total. The molecule has 0 aliphatic carbocycles. The molecule has 1 aromatic rings. The molecule has 1 amide bonds. The van der Waals surface area contributed by atoms with Crippen LogP contribution in [0.4, 0.5) is 0 Å². The summed E-state index contributed by atoms with van der Waals surface area (Å²) in [6.07, 6.45) is 2.04. The van der Waals surface area contributed by atoms with Gasteiger partial charge in [-0.25, -0.2) is 0 Å². The lowest BCUT2D eigenvalue weighted by Gasteiger charge is -2.39. The first-order valence-electron chi connectivity index (χ1n) is 9.36. The lowest BCUT2D eigenvalue weighted by Crippen LogP contribution is -2.50. The van der Waals surface area contributed by atoms with E-state index in [4.69, 9.17) is 4.74 Å². The van der Waals surface area contributed by atoms with Crippen molar-refractivity contribution in [2.24, 2.45) is 5.92 Å². The molecule has 0 radical (unpaired) electrons. The van der Waals surface area contributed by atoms with E-state index in [-0.39, 0.29) is 30.0 Å². The molecule has 2 aliphatic heterocycles. The standard InChI is InChI=1S/C19H29N3O4S/c1-19(2)12-16(15-9-5-6-10-17(15)26-19)20-18(23)14-8-7-11-22(13-14)27(24,25)21(3)4/h5-6,9-10,14,16H,7-8,11-13H2,1-4H3,(H,20,23)/t14-,16-/m0/s1. The average molecular weight is 396 g/mol. The Morgan fingerprint density at radius 3 is 2.70 bits per heavy atom. The van der Waals surface area contributed by atoms with E-state index >= 15 is 0 Å². The summed E-state index contributed by atoms with van der Waals surface area (Å²) in [5.41, 5.74) is 0.595. The van der Waals surface area contributed by atoms with Crippen LogP contribution in [0.1, 0.15) is 44.7 Å². The average Bonchev–Trinajstić information content (AvgIpc) is 2.60. The molecule has 0 saturated carbocycles. The van der Waals surface area contributed by atoms with Crippen LogP contribution >= 0.6 is 0 Å². The van der Waals surface area contributed by atoms with Gasteiger partial charge in [0.25, 0.3) is 10.2 Å². The number of fused-ring (bicyclic) bond motifs is 1. The Morgan fingerprint density at radius 1 is 1.30 bits per heavy atom. The molecular weight excluding hydrogens is 366 g/mol. The predicted octanol–water partition coefficient (Wildman–Crippen LogP) is 1.92. The molecule has 0 spiro atoms. The van der Waals surface area contributed by atoms with Crippen molar-refractivity contribution in [2.75, 3.05) is 27.2 Å². The van der Waals surface area contributed by atoms with Crippen molar-refractivity contribution in [3.8, 4) is 5.75 Å². The van der Waals surface area contributed by atoms with Crippen LogP contribution in [0.25, 0.3) is 0 Å². The molecule has 0 bridgehead atoms. The quantitative estimate of drug-likeness (QED) is 0.845. The molecule has 1 N–H and O–H groups in total. The number of carbonyl (C=O) groups excluding carboxylic acids is 1. The first-order chi connectivity index (χ1) is 12.6. The van der Waals surface area contributed by atoms with Gasteiger partial charge in [-0.3, -0.25) is 4.79 Å². The van der Waals surface area contributed by atoms with E-state index in [0.29, 0.717) is 25.8 Å². The van der Waals surface area contributed by atoms with Crippen LogP contribution in [0.5, 0.6) is 5.75 Å². The van der Waals surface area contributed by atoms with E-state index in [9.17, 15) is 13.2 Å². The fraction of sp³-hybridized carbons (Fsp3) is 0.632. The van der Waals surface area contributed by atoms with Crippen LogP contribution in [0.3, 0.4) is 0 Å². The van der Waals surface area contributed by atoms with Crippen LogP contribution in [-0.4, -0.2) is 55.7 Å². The number of ether oxygens (including phenoxy) is 1. The SMILES string of the molecule is CN(C)S(=O)(=O)N1CCC[C@H](C(=O)N[C@H]2CC(C)(C)Oc3ccccc32)C1. The van der Waals surface area contributed by atoms with Crippen LogP contribution in [-0.2, 0) is 15.0 Å². The topological polar surface area (TPSA) is 79.0 Å². The van der Waals surface area contributed by atoms with E-state index in [1.165, 1.54) is 22.7 Å². The maximum Gasteiger partial charge on any atom is 0.281 e. The van der Waals surface area contributed by atoms with Gasteiger partial charge in [0, 0.05) is 39.2 Å². The zero-order valence-corrected chi connectivity index (χ0v) is 17.3. The Bertz CT molecular complexity index is 807. The molecule has 150 valence electrons. The minimum atomic E-state index is -3.50. The number of nitrogens with one attached hydrogen (secondary N) is 1. The zero-order chi connectivity index (χ0) is 19.8. The van der Waals surface area contributed by atoms with Gasteiger partial charge in [0.05, 0.1) is 12.0 Å². The molecular formula is C19H29N3O4S. The molecule has 1 aromatic carbocycles. The molecule has 1 saturated heterocycles. The van der Waals surface area contributed by atoms with Gasteiger partial charge in [-0.05, 0) is 32.8 Å². The van der Waals surface area contributed by atoms with Crippen LogP contribution in [0, 0.1) is 5.92 Å². The summed E-state index contributed by atoms with van der Waals surface area (Å²) in [7, 11) is -0.472. The molecule has 0 aromatic heterocycles. The van der Waals surface area contributed by atoms with E-state index in [0.717, 1.165) is 11.3 Å². The summed E-state index contributed by atoms with van der Waals surface area (Å²) in [6, 6.07) is 7.61. The molecule has 1 fully saturated rings. The number of para-hydroxylation sites is 1. The number of rotatable bonds is 4. The highest BCUT2D eigenvalue weighted by Crippen LogP contribution is 2.39. The Balaban J connectivity index is 1.74. The van der Waals surface area contributed by atoms with Crippen molar-refractivity contribution in [3.63, 3.8) is 0 Å². The minimum absolute atomic E-state index is 0.0915. The maximum absolute atomic E-state index is 12.9. The maximum atomic E-state index is 12.9.